The summed E-state index contributed by atoms with van der Waals surface area (Å²) in [4.78, 5) is 14.6. The van der Waals surface area contributed by atoms with Crippen molar-refractivity contribution in [2.75, 3.05) is 13.1 Å². The summed E-state index contributed by atoms with van der Waals surface area (Å²) in [7, 11) is 0. The quantitative estimate of drug-likeness (QED) is 0.276. The van der Waals surface area contributed by atoms with Crippen LogP contribution in [0.15, 0.2) is 72.9 Å². The molecule has 1 aliphatic heterocycles. The molecule has 2 heterocycles. The van der Waals surface area contributed by atoms with Crippen LogP contribution in [0.3, 0.4) is 0 Å². The minimum Gasteiger partial charge on any atom is -0.488 e. The molecule has 7 heteroatoms. The molecule has 1 aliphatic rings. The van der Waals surface area contributed by atoms with Gasteiger partial charge in [0.05, 0.1) is 0 Å². The van der Waals surface area contributed by atoms with Crippen molar-refractivity contribution in [3.05, 3.63) is 84.1 Å². The maximum atomic E-state index is 12.8. The zero-order chi connectivity index (χ0) is 27.7. The van der Waals surface area contributed by atoms with Gasteiger partial charge in [0, 0.05) is 36.8 Å². The minimum absolute atomic E-state index is 0.131. The normalized spacial score (nSPS) is 15.8. The number of carbonyl (C=O) groups is 1. The molecule has 7 nitrogen and oxygen atoms in total. The third-order valence-electron chi connectivity index (χ3n) is 7.12. The Kier molecular flexibility index (Phi) is 9.44. The number of carbonyl (C=O) groups excluding carboxylic acids is 1. The Morgan fingerprint density at radius 3 is 2.36 bits per heavy atom. The first kappa shape index (κ1) is 28.4. The van der Waals surface area contributed by atoms with Crippen LogP contribution in [-0.2, 0) is 16.9 Å². The van der Waals surface area contributed by atoms with Gasteiger partial charge in [0.1, 0.15) is 23.6 Å². The summed E-state index contributed by atoms with van der Waals surface area (Å²) in [6.45, 7) is 9.55. The number of amides is 1. The van der Waals surface area contributed by atoms with Crippen LogP contribution in [0.2, 0.25) is 0 Å². The van der Waals surface area contributed by atoms with E-state index in [4.69, 9.17) is 14.2 Å². The molecule has 1 unspecified atom stereocenters. The molecule has 2 aromatic carbocycles. The van der Waals surface area contributed by atoms with Crippen LogP contribution in [0.1, 0.15) is 70.9 Å². The van der Waals surface area contributed by atoms with Gasteiger partial charge in [-0.1, -0.05) is 61.9 Å². The highest BCUT2D eigenvalue weighted by Gasteiger charge is 2.46. The molecular weight excluding hydrogens is 490 g/mol. The number of piperidine rings is 1. The van der Waals surface area contributed by atoms with Crippen molar-refractivity contribution >= 4 is 6.09 Å². The molecule has 0 radical (unpaired) electrons. The van der Waals surface area contributed by atoms with E-state index in [2.05, 4.69) is 35.3 Å². The number of ether oxygens (including phenoxy) is 3. The maximum absolute atomic E-state index is 12.8. The van der Waals surface area contributed by atoms with Gasteiger partial charge in [0.25, 0.3) is 0 Å². The van der Waals surface area contributed by atoms with Crippen molar-refractivity contribution in [1.82, 2.24) is 15.1 Å². The largest absolute Gasteiger partial charge is 0.488 e. The molecule has 39 heavy (non-hydrogen) atoms. The van der Waals surface area contributed by atoms with E-state index in [1.165, 1.54) is 0 Å². The minimum atomic E-state index is -0.695. The van der Waals surface area contributed by atoms with E-state index >= 15 is 0 Å². The van der Waals surface area contributed by atoms with Crippen LogP contribution in [0, 0.1) is 5.92 Å². The van der Waals surface area contributed by atoms with Gasteiger partial charge >= 0.3 is 6.09 Å². The van der Waals surface area contributed by atoms with Crippen molar-refractivity contribution in [2.24, 2.45) is 5.92 Å². The lowest BCUT2D eigenvalue weighted by Gasteiger charge is -2.45. The fourth-order valence-electron chi connectivity index (χ4n) is 5.25. The fraction of sp³-hybridized carbons (Fsp3) is 0.469. The van der Waals surface area contributed by atoms with E-state index in [9.17, 15) is 4.79 Å². The Bertz CT molecular complexity index is 1170. The Morgan fingerprint density at radius 1 is 0.974 bits per heavy atom. The zero-order valence-electron chi connectivity index (χ0n) is 23.6. The Morgan fingerprint density at radius 2 is 1.69 bits per heavy atom. The molecule has 1 amide bonds. The number of para-hydroxylation sites is 1. The second kappa shape index (κ2) is 13.0. The van der Waals surface area contributed by atoms with Crippen molar-refractivity contribution in [1.29, 1.82) is 0 Å². The lowest BCUT2D eigenvalue weighted by molar-refractivity contribution is -0.0438. The highest BCUT2D eigenvalue weighted by Crippen LogP contribution is 2.47. The van der Waals surface area contributed by atoms with Gasteiger partial charge in [0.15, 0.2) is 0 Å². The summed E-state index contributed by atoms with van der Waals surface area (Å²) in [6.07, 6.45) is 5.72. The Labute approximate surface area is 232 Å². The molecule has 0 saturated carbocycles. The molecule has 0 bridgehead atoms. The molecule has 4 rings (SSSR count). The first-order valence-corrected chi connectivity index (χ1v) is 14.0. The van der Waals surface area contributed by atoms with Gasteiger partial charge in [-0.2, -0.15) is 5.10 Å². The highest BCUT2D eigenvalue weighted by molar-refractivity contribution is 5.68. The van der Waals surface area contributed by atoms with E-state index in [0.29, 0.717) is 25.6 Å². The van der Waals surface area contributed by atoms with Crippen LogP contribution < -0.4 is 9.47 Å². The monoisotopic (exact) mass is 531 g/mol. The van der Waals surface area contributed by atoms with E-state index in [1.54, 1.807) is 6.20 Å². The summed E-state index contributed by atoms with van der Waals surface area (Å²) in [5, 5.41) is 8.38. The van der Waals surface area contributed by atoms with Crippen molar-refractivity contribution in [2.45, 2.75) is 77.6 Å². The van der Waals surface area contributed by atoms with Crippen LogP contribution in [-0.4, -0.2) is 39.9 Å². The summed E-state index contributed by atoms with van der Waals surface area (Å²) in [6, 6.07) is 22.1. The van der Waals surface area contributed by atoms with E-state index in [-0.39, 0.29) is 12.0 Å². The molecule has 1 fully saturated rings. The summed E-state index contributed by atoms with van der Waals surface area (Å²) >= 11 is 0. The number of aromatic nitrogens is 2. The zero-order valence-corrected chi connectivity index (χ0v) is 23.6. The molecule has 1 atom stereocenters. The van der Waals surface area contributed by atoms with Gasteiger partial charge < -0.3 is 19.1 Å². The standard InChI is InChI=1S/C32H41N3O4/c1-5-6-20-32(38-29-17-12-21-33-34-29,26-18-22-35(23-19-26)30(36)39-31(2,3)4)27-15-10-11-16-28(27)37-24-25-13-8-7-9-14-25/h7-17,21,26H,5-6,18-20,22-24H2,1-4H3. The first-order chi connectivity index (χ1) is 18.8. The lowest BCUT2D eigenvalue weighted by atomic mass is 9.72. The molecule has 1 saturated heterocycles. The first-order valence-electron chi connectivity index (χ1n) is 14.0. The van der Waals surface area contributed by atoms with Gasteiger partial charge in [-0.15, -0.1) is 5.10 Å². The molecule has 0 N–H and O–H groups in total. The summed E-state index contributed by atoms with van der Waals surface area (Å²) in [5.41, 5.74) is 0.894. The number of likely N-dealkylation sites (tertiary alicyclic amines) is 1. The molecule has 1 aromatic heterocycles. The number of rotatable bonds is 10. The number of unbranched alkanes of at least 4 members (excludes halogenated alkanes) is 1. The number of hydrogen-bond donors (Lipinski definition) is 0. The SMILES string of the molecule is CCCCC(Oc1cccnn1)(c1ccccc1OCc1ccccc1)C1CCN(C(=O)OC(C)(C)C)CC1. The number of benzene rings is 2. The average Bonchev–Trinajstić information content (AvgIpc) is 2.95. The van der Waals surface area contributed by atoms with Gasteiger partial charge in [-0.05, 0) is 64.2 Å². The smallest absolute Gasteiger partial charge is 0.410 e. The molecule has 0 aliphatic carbocycles. The van der Waals surface area contributed by atoms with Crippen LogP contribution in [0.4, 0.5) is 4.79 Å². The molecule has 0 spiro atoms. The Hall–Kier alpha value is -3.61. The predicted octanol–water partition coefficient (Wildman–Crippen LogP) is 7.17. The van der Waals surface area contributed by atoms with Crippen molar-refractivity contribution in [3.8, 4) is 11.6 Å². The second-order valence-electron chi connectivity index (χ2n) is 11.2. The van der Waals surface area contributed by atoms with Crippen molar-refractivity contribution < 1.29 is 19.0 Å². The number of nitrogens with zero attached hydrogens (tertiary/aromatic N) is 3. The summed E-state index contributed by atoms with van der Waals surface area (Å²) in [5.74, 6) is 1.42. The van der Waals surface area contributed by atoms with Crippen LogP contribution in [0.5, 0.6) is 11.6 Å². The fourth-order valence-corrected chi connectivity index (χ4v) is 5.25. The summed E-state index contributed by atoms with van der Waals surface area (Å²) < 4.78 is 19.0. The molecular formula is C32H41N3O4. The van der Waals surface area contributed by atoms with Gasteiger partial charge in [-0.25, -0.2) is 4.79 Å². The van der Waals surface area contributed by atoms with E-state index < -0.39 is 11.2 Å². The average molecular weight is 532 g/mol. The van der Waals surface area contributed by atoms with Crippen LogP contribution in [0.25, 0.3) is 0 Å². The molecule has 208 valence electrons. The Balaban J connectivity index is 1.68. The third kappa shape index (κ3) is 7.49. The molecule has 3 aromatic rings. The highest BCUT2D eigenvalue weighted by atomic mass is 16.6. The van der Waals surface area contributed by atoms with E-state index in [1.807, 2.05) is 74.2 Å². The van der Waals surface area contributed by atoms with Crippen molar-refractivity contribution in [3.63, 3.8) is 0 Å². The third-order valence-corrected chi connectivity index (χ3v) is 7.12. The number of hydrogen-bond acceptors (Lipinski definition) is 6. The van der Waals surface area contributed by atoms with Gasteiger partial charge in [0.2, 0.25) is 5.88 Å². The maximum Gasteiger partial charge on any atom is 0.410 e. The predicted molar refractivity (Wildman–Crippen MR) is 152 cm³/mol. The lowest BCUT2D eigenvalue weighted by Crippen LogP contribution is -2.49. The second-order valence-corrected chi connectivity index (χ2v) is 11.2. The van der Waals surface area contributed by atoms with Crippen LogP contribution >= 0.6 is 0 Å². The van der Waals surface area contributed by atoms with Gasteiger partial charge in [-0.3, -0.25) is 0 Å². The van der Waals surface area contributed by atoms with E-state index in [0.717, 1.165) is 49.0 Å². The topological polar surface area (TPSA) is 73.8 Å².